The van der Waals surface area contributed by atoms with Gasteiger partial charge >= 0.3 is 0 Å². The van der Waals surface area contributed by atoms with E-state index < -0.39 is 8.29 Å². The van der Waals surface area contributed by atoms with Crippen molar-refractivity contribution in [1.82, 2.24) is 0 Å². The second-order valence-electron chi connectivity index (χ2n) is 1.03. The van der Waals surface area contributed by atoms with Crippen LogP contribution in [0.4, 0.5) is 0 Å². The highest BCUT2D eigenvalue weighted by Gasteiger charge is 1.66. The summed E-state index contributed by atoms with van der Waals surface area (Å²) in [5.41, 5.74) is 0. The molecule has 0 saturated carbocycles. The second kappa shape index (κ2) is 4.90. The van der Waals surface area contributed by atoms with Crippen molar-refractivity contribution < 1.29 is 4.18 Å². The Morgan fingerprint density at radius 2 is 2.14 bits per heavy atom. The minimum absolute atomic E-state index is 0.649. The first kappa shape index (κ1) is 7.75. The van der Waals surface area contributed by atoms with Gasteiger partial charge in [-0.3, -0.25) is 0 Å². The van der Waals surface area contributed by atoms with E-state index in [1.807, 2.05) is 6.92 Å². The molecule has 0 fully saturated rings. The van der Waals surface area contributed by atoms with Gasteiger partial charge in [-0.2, -0.15) is 0 Å². The number of rotatable bonds is 3. The molecule has 0 heterocycles. The normalized spacial score (nSPS) is 10.0. The molecule has 0 saturated heterocycles. The lowest BCUT2D eigenvalue weighted by molar-refractivity contribution is 0.376. The summed E-state index contributed by atoms with van der Waals surface area (Å²) >= 11 is 9.13. The van der Waals surface area contributed by atoms with Crippen molar-refractivity contribution in [3.63, 3.8) is 0 Å². The first-order valence-corrected chi connectivity index (χ1v) is 5.00. The molecule has 0 unspecified atom stereocenters. The molecule has 0 aliphatic rings. The second-order valence-corrected chi connectivity index (χ2v) is 4.12. The third-order valence-corrected chi connectivity index (χ3v) is 1.32. The summed E-state index contributed by atoms with van der Waals surface area (Å²) in [6.07, 6.45) is 0.997. The number of hydrogen-bond acceptors (Lipinski definition) is 4. The summed E-state index contributed by atoms with van der Waals surface area (Å²) in [4.78, 5) is 0. The molecule has 0 amide bonds. The van der Waals surface area contributed by atoms with Gasteiger partial charge in [-0.25, -0.2) is 30.7 Å². The van der Waals surface area contributed by atoms with E-state index in [-0.39, 0.29) is 0 Å². The van der Waals surface area contributed by atoms with Crippen molar-refractivity contribution in [2.75, 3.05) is 6.61 Å². The summed E-state index contributed by atoms with van der Waals surface area (Å²) in [6, 6.07) is 0. The van der Waals surface area contributed by atoms with Crippen LogP contribution in [0.25, 0.3) is 0 Å². The van der Waals surface area contributed by atoms with E-state index in [4.69, 9.17) is 4.18 Å². The standard InChI is InChI=1S/C3H7OS3/c1-2-3-4-7(5)6/h2-3H2,1H3/q-1. The summed E-state index contributed by atoms with van der Waals surface area (Å²) in [6.45, 7) is 2.73. The van der Waals surface area contributed by atoms with Crippen molar-refractivity contribution in [2.24, 2.45) is 0 Å². The highest BCUT2D eigenvalue weighted by atomic mass is 33.1. The summed E-state index contributed by atoms with van der Waals surface area (Å²) < 4.78 is 4.85. The van der Waals surface area contributed by atoms with Crippen molar-refractivity contribution >= 4 is 30.7 Å². The van der Waals surface area contributed by atoms with E-state index in [2.05, 4.69) is 22.4 Å². The van der Waals surface area contributed by atoms with Crippen LogP contribution >= 0.6 is 0 Å². The van der Waals surface area contributed by atoms with Gasteiger partial charge in [0.1, 0.15) is 0 Å². The van der Waals surface area contributed by atoms with E-state index in [0.717, 1.165) is 6.42 Å². The highest BCUT2D eigenvalue weighted by Crippen LogP contribution is 1.77. The van der Waals surface area contributed by atoms with Gasteiger partial charge in [0, 0.05) is 6.61 Å². The SMILES string of the molecule is CCCO[S-](=S)=S. The van der Waals surface area contributed by atoms with Crippen LogP contribution < -0.4 is 0 Å². The van der Waals surface area contributed by atoms with Gasteiger partial charge in [0.05, 0.1) is 0 Å². The Balaban J connectivity index is 2.98. The van der Waals surface area contributed by atoms with Gasteiger partial charge in [0.25, 0.3) is 0 Å². The van der Waals surface area contributed by atoms with Crippen molar-refractivity contribution in [1.29, 1.82) is 0 Å². The van der Waals surface area contributed by atoms with E-state index in [1.54, 1.807) is 0 Å². The van der Waals surface area contributed by atoms with Gasteiger partial charge in [-0.1, -0.05) is 6.92 Å². The predicted molar refractivity (Wildman–Crippen MR) is 38.3 cm³/mol. The molecule has 44 valence electrons. The largest absolute Gasteiger partial charge is 0.467 e. The molecule has 0 radical (unpaired) electrons. The average molecular weight is 155 g/mol. The first-order chi connectivity index (χ1) is 3.27. The Hall–Kier alpha value is 0.750. The molecule has 0 spiro atoms. The van der Waals surface area contributed by atoms with E-state index in [1.165, 1.54) is 0 Å². The van der Waals surface area contributed by atoms with Crippen LogP contribution in [0.5, 0.6) is 0 Å². The minimum Gasteiger partial charge on any atom is -0.467 e. The Morgan fingerprint density at radius 1 is 1.57 bits per heavy atom. The zero-order valence-corrected chi connectivity index (χ0v) is 6.50. The average Bonchev–Trinajstić information content (AvgIpc) is 1.61. The molecule has 0 aromatic heterocycles. The van der Waals surface area contributed by atoms with Crippen LogP contribution in [0.15, 0.2) is 0 Å². The Bertz CT molecular complexity index is 88.4. The Kier molecular flexibility index (Phi) is 5.42. The maximum atomic E-state index is 4.85. The monoisotopic (exact) mass is 155 g/mol. The lowest BCUT2D eigenvalue weighted by Crippen LogP contribution is -1.85. The van der Waals surface area contributed by atoms with E-state index in [0.29, 0.717) is 6.61 Å². The fourth-order valence-electron chi connectivity index (χ4n) is 0.151. The van der Waals surface area contributed by atoms with Gasteiger partial charge in [0.15, 0.2) is 0 Å². The number of hydrogen-bond donors (Lipinski definition) is 0. The fraction of sp³-hybridized carbons (Fsp3) is 1.00. The quantitative estimate of drug-likeness (QED) is 0.560. The van der Waals surface area contributed by atoms with Gasteiger partial charge in [0.2, 0.25) is 0 Å². The van der Waals surface area contributed by atoms with Crippen molar-refractivity contribution in [3.05, 3.63) is 0 Å². The molecular formula is C3H7OS3-. The molecule has 0 aromatic carbocycles. The lowest BCUT2D eigenvalue weighted by Gasteiger charge is -2.02. The van der Waals surface area contributed by atoms with E-state index in [9.17, 15) is 0 Å². The van der Waals surface area contributed by atoms with Crippen LogP contribution in [-0.4, -0.2) is 6.61 Å². The molecule has 4 heteroatoms. The molecular weight excluding hydrogens is 148 g/mol. The lowest BCUT2D eigenvalue weighted by atomic mass is 10.5. The van der Waals surface area contributed by atoms with Crippen LogP contribution in [-0.2, 0) is 34.9 Å². The molecule has 0 aliphatic heterocycles. The van der Waals surface area contributed by atoms with Crippen LogP contribution in [0.3, 0.4) is 0 Å². The molecule has 7 heavy (non-hydrogen) atoms. The van der Waals surface area contributed by atoms with Crippen LogP contribution in [0.2, 0.25) is 0 Å². The van der Waals surface area contributed by atoms with Crippen LogP contribution in [0.1, 0.15) is 13.3 Å². The van der Waals surface area contributed by atoms with Crippen molar-refractivity contribution in [2.45, 2.75) is 13.3 Å². The highest BCUT2D eigenvalue weighted by molar-refractivity contribution is 8.44. The molecule has 0 aromatic rings. The zero-order chi connectivity index (χ0) is 5.70. The first-order valence-electron chi connectivity index (χ1n) is 2.00. The van der Waals surface area contributed by atoms with Gasteiger partial charge in [-0.05, 0) is 6.42 Å². The maximum Gasteiger partial charge on any atom is 0.0230 e. The molecule has 0 bridgehead atoms. The molecule has 1 nitrogen and oxygen atoms in total. The van der Waals surface area contributed by atoms with Gasteiger partial charge < -0.3 is 4.18 Å². The Labute approximate surface area is 55.1 Å². The van der Waals surface area contributed by atoms with Crippen LogP contribution in [0, 0.1) is 0 Å². The fourth-order valence-corrected chi connectivity index (χ4v) is 0.862. The maximum absolute atomic E-state index is 4.85. The zero-order valence-electron chi connectivity index (χ0n) is 4.05. The minimum atomic E-state index is -0.649. The Morgan fingerprint density at radius 3 is 2.29 bits per heavy atom. The molecule has 0 atom stereocenters. The molecule has 0 N–H and O–H groups in total. The smallest absolute Gasteiger partial charge is 0.0230 e. The van der Waals surface area contributed by atoms with Gasteiger partial charge in [-0.15, -0.1) is 0 Å². The summed E-state index contributed by atoms with van der Waals surface area (Å²) in [5.74, 6) is 0. The summed E-state index contributed by atoms with van der Waals surface area (Å²) in [7, 11) is -0.649. The third kappa shape index (κ3) is 6.75. The third-order valence-electron chi connectivity index (χ3n) is 0.384. The topological polar surface area (TPSA) is 9.23 Å². The van der Waals surface area contributed by atoms with Crippen molar-refractivity contribution in [3.8, 4) is 0 Å². The molecule has 0 aliphatic carbocycles. The summed E-state index contributed by atoms with van der Waals surface area (Å²) in [5, 5.41) is 0. The predicted octanol–water partition coefficient (Wildman–Crippen LogP) is 0.870. The van der Waals surface area contributed by atoms with E-state index >= 15 is 0 Å². The molecule has 0 rings (SSSR count).